The van der Waals surface area contributed by atoms with Crippen LogP contribution in [0.3, 0.4) is 0 Å². The minimum absolute atomic E-state index is 0.0936. The third-order valence-electron chi connectivity index (χ3n) is 3.65. The topological polar surface area (TPSA) is 74.3 Å². The van der Waals surface area contributed by atoms with Crippen molar-refractivity contribution in [3.63, 3.8) is 0 Å². The van der Waals surface area contributed by atoms with Crippen LogP contribution in [0.15, 0.2) is 60.8 Å². The lowest BCUT2D eigenvalue weighted by molar-refractivity contribution is 0.0964. The zero-order valence-electron chi connectivity index (χ0n) is 12.4. The largest absolute Gasteiger partial charge is 0.449 e. The number of ether oxygens (including phenoxy) is 1. The molecule has 116 valence electrons. The van der Waals surface area contributed by atoms with E-state index >= 15 is 0 Å². The Labute approximate surface area is 133 Å². The highest BCUT2D eigenvalue weighted by atomic mass is 16.5. The van der Waals surface area contributed by atoms with E-state index in [0.29, 0.717) is 12.0 Å². The Morgan fingerprint density at radius 2 is 1.70 bits per heavy atom. The van der Waals surface area contributed by atoms with E-state index in [-0.39, 0.29) is 12.5 Å². The molecule has 0 aliphatic rings. The lowest BCUT2D eigenvalue weighted by atomic mass is 10.1. The fraction of sp³-hybridized carbons (Fsp3) is 0.111. The van der Waals surface area contributed by atoms with Gasteiger partial charge in [0.05, 0.1) is 12.1 Å². The minimum Gasteiger partial charge on any atom is -0.449 e. The van der Waals surface area contributed by atoms with Gasteiger partial charge in [-0.05, 0) is 23.8 Å². The van der Waals surface area contributed by atoms with Gasteiger partial charge in [0.25, 0.3) is 5.91 Å². The van der Waals surface area contributed by atoms with Crippen molar-refractivity contribution < 1.29 is 14.3 Å². The van der Waals surface area contributed by atoms with Crippen LogP contribution < -0.4 is 5.73 Å². The molecule has 0 aliphatic carbocycles. The van der Waals surface area contributed by atoms with E-state index in [1.54, 1.807) is 22.9 Å². The molecule has 0 atom stereocenters. The smallest absolute Gasteiger partial charge is 0.404 e. The van der Waals surface area contributed by atoms with Crippen LogP contribution in [0.25, 0.3) is 10.9 Å². The maximum atomic E-state index is 12.7. The maximum Gasteiger partial charge on any atom is 0.404 e. The van der Waals surface area contributed by atoms with Crippen LogP contribution in [0.1, 0.15) is 15.9 Å². The summed E-state index contributed by atoms with van der Waals surface area (Å²) in [5.41, 5.74) is 7.36. The zero-order valence-corrected chi connectivity index (χ0v) is 12.4. The number of rotatable bonds is 4. The zero-order chi connectivity index (χ0) is 16.2. The first kappa shape index (κ1) is 14.8. The molecule has 0 unspecified atom stereocenters. The molecular formula is C18H16N2O3. The summed E-state index contributed by atoms with van der Waals surface area (Å²) in [6.07, 6.45) is 1.50. The Bertz CT molecular complexity index is 853. The molecule has 1 aromatic heterocycles. The van der Waals surface area contributed by atoms with Crippen molar-refractivity contribution in [2.24, 2.45) is 5.73 Å². The number of amides is 1. The first-order valence-electron chi connectivity index (χ1n) is 7.28. The molecule has 0 fully saturated rings. The minimum atomic E-state index is -0.797. The molecule has 0 aliphatic heterocycles. The molecule has 0 radical (unpaired) electrons. The van der Waals surface area contributed by atoms with Crippen molar-refractivity contribution in [2.45, 2.75) is 6.42 Å². The highest BCUT2D eigenvalue weighted by Crippen LogP contribution is 2.23. The first-order chi connectivity index (χ1) is 11.2. The molecule has 0 saturated heterocycles. The average molecular weight is 308 g/mol. The van der Waals surface area contributed by atoms with Crippen LogP contribution in [0.4, 0.5) is 4.79 Å². The van der Waals surface area contributed by atoms with Crippen molar-refractivity contribution in [3.8, 4) is 0 Å². The number of hydrogen-bond acceptors (Lipinski definition) is 3. The fourth-order valence-electron chi connectivity index (χ4n) is 2.60. The number of para-hydroxylation sites is 1. The summed E-state index contributed by atoms with van der Waals surface area (Å²) < 4.78 is 6.42. The van der Waals surface area contributed by atoms with Gasteiger partial charge in [0.15, 0.2) is 0 Å². The van der Waals surface area contributed by atoms with Crippen molar-refractivity contribution in [1.82, 2.24) is 4.57 Å². The number of hydrogen-bond donors (Lipinski definition) is 1. The number of nitrogens with zero attached hydrogens (tertiary/aromatic N) is 1. The third-order valence-corrected chi connectivity index (χ3v) is 3.65. The number of primary amides is 1. The van der Waals surface area contributed by atoms with E-state index in [4.69, 9.17) is 10.5 Å². The van der Waals surface area contributed by atoms with Gasteiger partial charge < -0.3 is 10.5 Å². The predicted molar refractivity (Wildman–Crippen MR) is 87.3 cm³/mol. The van der Waals surface area contributed by atoms with Gasteiger partial charge in [0.2, 0.25) is 0 Å². The van der Waals surface area contributed by atoms with Crippen LogP contribution in [-0.4, -0.2) is 23.2 Å². The first-order valence-corrected chi connectivity index (χ1v) is 7.28. The molecule has 3 aromatic rings. The van der Waals surface area contributed by atoms with Crippen molar-refractivity contribution in [2.75, 3.05) is 6.61 Å². The summed E-state index contributed by atoms with van der Waals surface area (Å²) in [6, 6.07) is 16.8. The highest BCUT2D eigenvalue weighted by Gasteiger charge is 2.14. The molecule has 0 saturated carbocycles. The Kier molecular flexibility index (Phi) is 4.10. The van der Waals surface area contributed by atoms with Crippen molar-refractivity contribution in [3.05, 3.63) is 71.9 Å². The fourth-order valence-corrected chi connectivity index (χ4v) is 2.60. The van der Waals surface area contributed by atoms with Crippen LogP contribution >= 0.6 is 0 Å². The molecule has 2 N–H and O–H groups in total. The van der Waals surface area contributed by atoms with Gasteiger partial charge in [-0.1, -0.05) is 36.4 Å². The van der Waals surface area contributed by atoms with E-state index in [1.807, 2.05) is 42.5 Å². The lowest BCUT2D eigenvalue weighted by Crippen LogP contribution is -2.14. The van der Waals surface area contributed by atoms with Gasteiger partial charge in [0.1, 0.15) is 0 Å². The van der Waals surface area contributed by atoms with E-state index in [1.165, 1.54) is 0 Å². The summed E-state index contributed by atoms with van der Waals surface area (Å²) >= 11 is 0. The Hall–Kier alpha value is -3.08. The predicted octanol–water partition coefficient (Wildman–Crippen LogP) is 2.97. The number of fused-ring (bicyclic) bond motifs is 1. The summed E-state index contributed by atoms with van der Waals surface area (Å²) in [7, 11) is 0. The van der Waals surface area contributed by atoms with E-state index in [2.05, 4.69) is 0 Å². The summed E-state index contributed by atoms with van der Waals surface area (Å²) in [4.78, 5) is 23.4. The standard InChI is InChI=1S/C18H16N2O3/c19-18(22)23-11-10-14-12-20(16-9-5-4-8-15(14)16)17(21)13-6-2-1-3-7-13/h1-9,12H,10-11H2,(H2,19,22). The average Bonchev–Trinajstić information content (AvgIpc) is 2.94. The molecule has 2 aromatic carbocycles. The van der Waals surface area contributed by atoms with Crippen molar-refractivity contribution in [1.29, 1.82) is 0 Å². The van der Waals surface area contributed by atoms with E-state index < -0.39 is 6.09 Å². The lowest BCUT2D eigenvalue weighted by Gasteiger charge is -2.03. The monoisotopic (exact) mass is 308 g/mol. The number of benzene rings is 2. The second-order valence-corrected chi connectivity index (χ2v) is 5.13. The molecule has 5 nitrogen and oxygen atoms in total. The van der Waals surface area contributed by atoms with Gasteiger partial charge in [0, 0.05) is 23.6 Å². The Morgan fingerprint density at radius 3 is 2.43 bits per heavy atom. The van der Waals surface area contributed by atoms with Crippen LogP contribution in [-0.2, 0) is 11.2 Å². The van der Waals surface area contributed by atoms with Gasteiger partial charge >= 0.3 is 6.09 Å². The molecule has 23 heavy (non-hydrogen) atoms. The van der Waals surface area contributed by atoms with Crippen LogP contribution in [0.2, 0.25) is 0 Å². The molecule has 1 amide bonds. The van der Waals surface area contributed by atoms with E-state index in [9.17, 15) is 9.59 Å². The van der Waals surface area contributed by atoms with E-state index in [0.717, 1.165) is 16.5 Å². The summed E-state index contributed by atoms with van der Waals surface area (Å²) in [5, 5.41) is 0.963. The molecule has 3 rings (SSSR count). The number of nitrogens with two attached hydrogens (primary N) is 1. The molecule has 5 heteroatoms. The Balaban J connectivity index is 1.98. The van der Waals surface area contributed by atoms with Crippen molar-refractivity contribution >= 4 is 22.9 Å². The highest BCUT2D eigenvalue weighted by molar-refractivity contribution is 6.02. The summed E-state index contributed by atoms with van der Waals surface area (Å²) in [5.74, 6) is -0.0936. The maximum absolute atomic E-state index is 12.7. The van der Waals surface area contributed by atoms with Crippen LogP contribution in [0, 0.1) is 0 Å². The molecule has 0 bridgehead atoms. The van der Waals surface area contributed by atoms with Gasteiger partial charge in [-0.3, -0.25) is 9.36 Å². The Morgan fingerprint density at radius 1 is 1.00 bits per heavy atom. The number of carbonyl (C=O) groups is 2. The van der Waals surface area contributed by atoms with Gasteiger partial charge in [-0.15, -0.1) is 0 Å². The van der Waals surface area contributed by atoms with Gasteiger partial charge in [-0.2, -0.15) is 0 Å². The van der Waals surface area contributed by atoms with Crippen LogP contribution in [0.5, 0.6) is 0 Å². The second-order valence-electron chi connectivity index (χ2n) is 5.13. The number of aromatic nitrogens is 1. The SMILES string of the molecule is NC(=O)OCCc1cn(C(=O)c2ccccc2)c2ccccc12. The van der Waals surface area contributed by atoms with Gasteiger partial charge in [-0.25, -0.2) is 4.79 Å². The number of carbonyl (C=O) groups excluding carboxylic acids is 2. The molecular weight excluding hydrogens is 292 g/mol. The second kappa shape index (κ2) is 6.36. The quantitative estimate of drug-likeness (QED) is 0.805. The molecule has 0 spiro atoms. The summed E-state index contributed by atoms with van der Waals surface area (Å²) in [6.45, 7) is 0.183. The normalized spacial score (nSPS) is 10.6. The third kappa shape index (κ3) is 3.08. The molecule has 1 heterocycles.